The molecule has 2 aromatic heterocycles. The lowest BCUT2D eigenvalue weighted by Gasteiger charge is -2.37. The van der Waals surface area contributed by atoms with Gasteiger partial charge in [-0.1, -0.05) is 25.8 Å². The van der Waals surface area contributed by atoms with E-state index in [2.05, 4.69) is 12.2 Å². The van der Waals surface area contributed by atoms with Gasteiger partial charge in [-0.3, -0.25) is 9.59 Å². The Morgan fingerprint density at radius 2 is 2.12 bits per heavy atom. The zero-order valence-electron chi connectivity index (χ0n) is 15.1. The third-order valence-electron chi connectivity index (χ3n) is 5.68. The average molecular weight is 372 g/mol. The first-order valence-corrected chi connectivity index (χ1v) is 10.3. The molecule has 1 aliphatic heterocycles. The monoisotopic (exact) mass is 371 g/mol. The number of amides is 2. The van der Waals surface area contributed by atoms with Gasteiger partial charge < -0.3 is 14.8 Å². The smallest absolute Gasteiger partial charge is 0.249 e. The Labute approximate surface area is 158 Å². The van der Waals surface area contributed by atoms with Crippen molar-refractivity contribution in [3.05, 3.63) is 46.4 Å². The van der Waals surface area contributed by atoms with Crippen LogP contribution in [-0.2, 0) is 22.7 Å². The molecule has 1 fully saturated rings. The van der Waals surface area contributed by atoms with Crippen molar-refractivity contribution in [2.45, 2.75) is 57.8 Å². The molecule has 0 spiro atoms. The molecule has 1 aliphatic carbocycles. The van der Waals surface area contributed by atoms with E-state index in [0.717, 1.165) is 29.8 Å². The molecular formula is C20H25N3O2S. The Bertz CT molecular complexity index is 783. The minimum Gasteiger partial charge on any atom is -0.351 e. The fraction of sp³-hybridized carbons (Fsp3) is 0.500. The highest BCUT2D eigenvalue weighted by Crippen LogP contribution is 2.31. The zero-order chi connectivity index (χ0) is 18.1. The summed E-state index contributed by atoms with van der Waals surface area (Å²) in [6, 6.07) is 7.53. The highest BCUT2D eigenvalue weighted by Gasteiger charge is 2.38. The maximum atomic E-state index is 13.2. The summed E-state index contributed by atoms with van der Waals surface area (Å²) in [5.74, 6) is 0.441. The van der Waals surface area contributed by atoms with Gasteiger partial charge in [0, 0.05) is 17.1 Å². The van der Waals surface area contributed by atoms with Crippen molar-refractivity contribution >= 4 is 23.2 Å². The summed E-state index contributed by atoms with van der Waals surface area (Å²) in [6.45, 7) is 3.00. The molecule has 0 unspecified atom stereocenters. The highest BCUT2D eigenvalue weighted by atomic mass is 32.1. The van der Waals surface area contributed by atoms with Gasteiger partial charge in [0.25, 0.3) is 0 Å². The minimum absolute atomic E-state index is 0.000979. The van der Waals surface area contributed by atoms with Crippen molar-refractivity contribution in [1.29, 1.82) is 0 Å². The first kappa shape index (κ1) is 17.3. The average Bonchev–Trinajstić information content (AvgIpc) is 3.29. The van der Waals surface area contributed by atoms with Crippen LogP contribution in [-0.4, -0.2) is 27.3 Å². The molecule has 3 heterocycles. The highest BCUT2D eigenvalue weighted by molar-refractivity contribution is 7.09. The number of nitrogens with zero attached hydrogens (tertiary/aromatic N) is 2. The second kappa shape index (κ2) is 7.27. The van der Waals surface area contributed by atoms with Crippen LogP contribution in [0.5, 0.6) is 0 Å². The maximum Gasteiger partial charge on any atom is 0.249 e. The Kier molecular flexibility index (Phi) is 4.85. The van der Waals surface area contributed by atoms with Crippen LogP contribution in [0.4, 0.5) is 0 Å². The molecule has 4 rings (SSSR count). The van der Waals surface area contributed by atoms with Gasteiger partial charge in [0.15, 0.2) is 6.04 Å². The van der Waals surface area contributed by atoms with Crippen LogP contribution < -0.4 is 5.32 Å². The number of carbonyl (C=O) groups excluding carboxylic acids is 2. The Hall–Kier alpha value is -2.08. The number of carbonyl (C=O) groups is 2. The molecule has 5 nitrogen and oxygen atoms in total. The number of fused-ring (bicyclic) bond motifs is 1. The summed E-state index contributed by atoms with van der Waals surface area (Å²) in [7, 11) is 0. The Balaban J connectivity index is 1.60. The van der Waals surface area contributed by atoms with Crippen molar-refractivity contribution in [2.75, 3.05) is 0 Å². The topological polar surface area (TPSA) is 54.3 Å². The zero-order valence-corrected chi connectivity index (χ0v) is 15.9. The maximum absolute atomic E-state index is 13.2. The molecule has 1 saturated carbocycles. The summed E-state index contributed by atoms with van der Waals surface area (Å²) in [6.07, 6.45) is 6.47. The molecular weight excluding hydrogens is 346 g/mol. The van der Waals surface area contributed by atoms with E-state index in [9.17, 15) is 9.59 Å². The molecule has 0 saturated heterocycles. The largest absolute Gasteiger partial charge is 0.351 e. The van der Waals surface area contributed by atoms with Gasteiger partial charge >= 0.3 is 0 Å². The SMILES string of the molecule is C[C@@H]1CCCC[C@@H]1NC(=O)[C@H]1c2cccn2CC(=O)N1Cc1cccs1. The molecule has 0 bridgehead atoms. The second-order valence-electron chi connectivity index (χ2n) is 7.44. The summed E-state index contributed by atoms with van der Waals surface area (Å²) >= 11 is 1.62. The van der Waals surface area contributed by atoms with Gasteiger partial charge in [0.2, 0.25) is 11.8 Å². The van der Waals surface area contributed by atoms with Gasteiger partial charge in [-0.15, -0.1) is 11.3 Å². The van der Waals surface area contributed by atoms with E-state index < -0.39 is 6.04 Å². The number of hydrogen-bond donors (Lipinski definition) is 1. The van der Waals surface area contributed by atoms with Crippen molar-refractivity contribution in [1.82, 2.24) is 14.8 Å². The number of thiophene rings is 1. The lowest BCUT2D eigenvalue weighted by Crippen LogP contribution is -2.51. The van der Waals surface area contributed by atoms with E-state index in [4.69, 9.17) is 0 Å². The second-order valence-corrected chi connectivity index (χ2v) is 8.47. The first-order valence-electron chi connectivity index (χ1n) is 9.41. The van der Waals surface area contributed by atoms with Crippen LogP contribution in [0.3, 0.4) is 0 Å². The minimum atomic E-state index is -0.553. The third-order valence-corrected chi connectivity index (χ3v) is 6.54. The molecule has 0 radical (unpaired) electrons. The van der Waals surface area contributed by atoms with Gasteiger partial charge in [-0.05, 0) is 42.3 Å². The van der Waals surface area contributed by atoms with Crippen LogP contribution in [0.15, 0.2) is 35.8 Å². The van der Waals surface area contributed by atoms with Gasteiger partial charge in [0.1, 0.15) is 6.54 Å². The van der Waals surface area contributed by atoms with Crippen molar-refractivity contribution in [3.63, 3.8) is 0 Å². The van der Waals surface area contributed by atoms with Crippen molar-refractivity contribution in [3.8, 4) is 0 Å². The molecule has 2 amide bonds. The summed E-state index contributed by atoms with van der Waals surface area (Å²) < 4.78 is 1.90. The number of rotatable bonds is 4. The van der Waals surface area contributed by atoms with Gasteiger partial charge in [-0.25, -0.2) is 0 Å². The van der Waals surface area contributed by atoms with E-state index in [-0.39, 0.29) is 17.9 Å². The standard InChI is InChI=1S/C20H25N3O2S/c1-14-6-2-3-8-16(14)21-20(25)19-17-9-4-10-22(17)13-18(24)23(19)12-15-7-5-11-26-15/h4-5,7,9-11,14,16,19H,2-3,6,8,12-13H2,1H3,(H,21,25)/t14-,16+,19-/m1/s1. The molecule has 138 valence electrons. The summed E-state index contributed by atoms with van der Waals surface area (Å²) in [5, 5.41) is 5.26. The summed E-state index contributed by atoms with van der Waals surface area (Å²) in [4.78, 5) is 28.9. The lowest BCUT2D eigenvalue weighted by atomic mass is 9.85. The fourth-order valence-electron chi connectivity index (χ4n) is 4.18. The van der Waals surface area contributed by atoms with Gasteiger partial charge in [-0.2, -0.15) is 0 Å². The predicted octanol–water partition coefficient (Wildman–Crippen LogP) is 3.33. The van der Waals surface area contributed by atoms with E-state index in [1.807, 2.05) is 40.4 Å². The predicted molar refractivity (Wildman–Crippen MR) is 102 cm³/mol. The van der Waals surface area contributed by atoms with E-state index in [0.29, 0.717) is 19.0 Å². The van der Waals surface area contributed by atoms with Crippen molar-refractivity contribution < 1.29 is 9.59 Å². The van der Waals surface area contributed by atoms with Crippen molar-refractivity contribution in [2.24, 2.45) is 5.92 Å². The summed E-state index contributed by atoms with van der Waals surface area (Å²) in [5.41, 5.74) is 0.905. The molecule has 3 atom stereocenters. The van der Waals surface area contributed by atoms with Crippen LogP contribution in [0.2, 0.25) is 0 Å². The van der Waals surface area contributed by atoms with Crippen LogP contribution in [0, 0.1) is 5.92 Å². The number of hydrogen-bond acceptors (Lipinski definition) is 3. The van der Waals surface area contributed by atoms with Gasteiger partial charge in [0.05, 0.1) is 12.2 Å². The fourth-order valence-corrected chi connectivity index (χ4v) is 4.88. The van der Waals surface area contributed by atoms with E-state index >= 15 is 0 Å². The normalized spacial score (nSPS) is 25.8. The Morgan fingerprint density at radius 1 is 1.27 bits per heavy atom. The molecule has 2 aliphatic rings. The quantitative estimate of drug-likeness (QED) is 0.896. The number of nitrogens with one attached hydrogen (secondary N) is 1. The van der Waals surface area contributed by atoms with Crippen LogP contribution >= 0.6 is 11.3 Å². The molecule has 6 heteroatoms. The van der Waals surface area contributed by atoms with Crippen LogP contribution in [0.1, 0.15) is 49.2 Å². The third kappa shape index (κ3) is 3.30. The molecule has 26 heavy (non-hydrogen) atoms. The first-order chi connectivity index (χ1) is 12.6. The van der Waals surface area contributed by atoms with Crippen LogP contribution in [0.25, 0.3) is 0 Å². The molecule has 0 aromatic carbocycles. The van der Waals surface area contributed by atoms with E-state index in [1.54, 1.807) is 16.2 Å². The molecule has 1 N–H and O–H groups in total. The lowest BCUT2D eigenvalue weighted by molar-refractivity contribution is -0.145. The number of aromatic nitrogens is 1. The van der Waals surface area contributed by atoms with E-state index in [1.165, 1.54) is 6.42 Å². The Morgan fingerprint density at radius 3 is 2.88 bits per heavy atom. The molecule has 2 aromatic rings.